The maximum absolute atomic E-state index is 13.1. The number of hydrogen-bond acceptors (Lipinski definition) is 15. The second-order valence-corrected chi connectivity index (χ2v) is 27.7. The number of carbonyl (C=O) groups excluding carboxylic acids is 4. The zero-order chi connectivity index (χ0) is 73.2. The lowest BCUT2D eigenvalue weighted by atomic mass is 10.1. The minimum Gasteiger partial charge on any atom is -0.462 e. The molecule has 0 aromatic rings. The Kier molecular flexibility index (Phi) is 68.6. The van der Waals surface area contributed by atoms with E-state index in [4.69, 9.17) is 37.0 Å². The minimum atomic E-state index is -4.99. The summed E-state index contributed by atoms with van der Waals surface area (Å²) in [4.78, 5) is 72.9. The van der Waals surface area contributed by atoms with Gasteiger partial charge in [0.2, 0.25) is 0 Å². The van der Waals surface area contributed by atoms with E-state index in [2.05, 4.69) is 174 Å². The third kappa shape index (κ3) is 71.3. The fourth-order valence-corrected chi connectivity index (χ4v) is 11.1. The Labute approximate surface area is 605 Å². The molecule has 0 aliphatic rings. The van der Waals surface area contributed by atoms with Gasteiger partial charge in [-0.3, -0.25) is 37.3 Å². The van der Waals surface area contributed by atoms with Gasteiger partial charge >= 0.3 is 39.5 Å². The molecule has 0 aliphatic carbocycles. The van der Waals surface area contributed by atoms with Gasteiger partial charge in [-0.25, -0.2) is 9.13 Å². The third-order valence-corrected chi connectivity index (χ3v) is 17.2. The molecule has 19 heteroatoms. The highest BCUT2D eigenvalue weighted by Crippen LogP contribution is 2.45. The van der Waals surface area contributed by atoms with Gasteiger partial charge in [0.05, 0.1) is 26.4 Å². The summed E-state index contributed by atoms with van der Waals surface area (Å²) in [6.07, 6.45) is 81.2. The van der Waals surface area contributed by atoms with Crippen molar-refractivity contribution in [3.05, 3.63) is 146 Å². The van der Waals surface area contributed by atoms with Crippen LogP contribution >= 0.6 is 15.6 Å². The van der Waals surface area contributed by atoms with Crippen LogP contribution < -0.4 is 0 Å². The van der Waals surface area contributed by atoms with Crippen molar-refractivity contribution in [2.45, 2.75) is 303 Å². The Balaban J connectivity index is 5.43. The molecule has 100 heavy (non-hydrogen) atoms. The van der Waals surface area contributed by atoms with E-state index in [1.165, 1.54) is 19.3 Å². The first kappa shape index (κ1) is 94.9. The number of phosphoric ester groups is 2. The summed E-state index contributed by atoms with van der Waals surface area (Å²) in [6.45, 7) is 4.43. The average molecular weight is 1440 g/mol. The number of aliphatic hydroxyl groups excluding tert-OH is 1. The summed E-state index contributed by atoms with van der Waals surface area (Å²) in [5.74, 6) is -2.29. The van der Waals surface area contributed by atoms with Crippen LogP contribution in [0.25, 0.3) is 0 Å². The van der Waals surface area contributed by atoms with E-state index < -0.39 is 97.5 Å². The van der Waals surface area contributed by atoms with Crippen molar-refractivity contribution in [2.75, 3.05) is 39.6 Å². The number of phosphoric acid groups is 2. The van der Waals surface area contributed by atoms with E-state index in [1.54, 1.807) is 0 Å². The van der Waals surface area contributed by atoms with Gasteiger partial charge in [-0.2, -0.15) is 0 Å². The molecule has 0 bridgehead atoms. The third-order valence-electron chi connectivity index (χ3n) is 15.2. The van der Waals surface area contributed by atoms with Crippen molar-refractivity contribution < 1.29 is 80.2 Å². The summed E-state index contributed by atoms with van der Waals surface area (Å²) >= 11 is 0. The standard InChI is InChI=1S/C81H134O17P2/c1-5-9-13-17-21-25-29-33-36-37-40-43-46-50-54-58-62-66-79(84)92-72-77(98-81(86)68-64-60-56-52-48-44-39-35-31-27-23-19-15-11-7-3)74-96-100(89,90)94-70-75(82)69-93-99(87,88)95-73-76(97-80(85)67-63-59-55-51-47-41-32-28-24-20-16-12-8-4)71-91-78(83)65-61-57-53-49-45-42-38-34-30-26-22-18-14-10-6-2/h9-10,13-14,16,20-23,25-28,32-36,38-40,43,45,49,75-77,82H,5-8,11-12,15,17-19,24,29-31,37,41-42,44,46-48,50-74H2,1-4H3,(H,87,88)(H,89,90)/b13-9-,14-10-,20-16-,25-21-,26-22-,27-23-,32-28-,36-33-,38-34-,39-35-,43-40-,49-45-. The Morgan fingerprint density at radius 1 is 0.290 bits per heavy atom. The quantitative estimate of drug-likeness (QED) is 0.0169. The van der Waals surface area contributed by atoms with Crippen LogP contribution in [0, 0.1) is 0 Å². The molecule has 0 amide bonds. The second kappa shape index (κ2) is 72.3. The van der Waals surface area contributed by atoms with E-state index >= 15 is 0 Å². The summed E-state index contributed by atoms with van der Waals surface area (Å²) in [6, 6.07) is 0. The van der Waals surface area contributed by atoms with Crippen molar-refractivity contribution in [1.82, 2.24) is 0 Å². The van der Waals surface area contributed by atoms with Crippen molar-refractivity contribution in [1.29, 1.82) is 0 Å². The molecule has 5 atom stereocenters. The lowest BCUT2D eigenvalue weighted by Gasteiger charge is -2.21. The van der Waals surface area contributed by atoms with Crippen LogP contribution in [0.2, 0.25) is 0 Å². The average Bonchev–Trinajstić information content (AvgIpc) is 1.06. The van der Waals surface area contributed by atoms with E-state index in [1.807, 2.05) is 0 Å². The summed E-state index contributed by atoms with van der Waals surface area (Å²) < 4.78 is 68.4. The molecule has 0 fully saturated rings. The Morgan fingerprint density at radius 3 is 0.860 bits per heavy atom. The van der Waals surface area contributed by atoms with Crippen LogP contribution in [0.15, 0.2) is 146 Å². The van der Waals surface area contributed by atoms with Gasteiger partial charge < -0.3 is 33.8 Å². The van der Waals surface area contributed by atoms with Crippen LogP contribution in [0.1, 0.15) is 285 Å². The molecule has 0 saturated heterocycles. The van der Waals surface area contributed by atoms with Crippen LogP contribution in [-0.2, 0) is 65.4 Å². The van der Waals surface area contributed by atoms with E-state index in [-0.39, 0.29) is 25.7 Å². The molecule has 570 valence electrons. The predicted molar refractivity (Wildman–Crippen MR) is 408 cm³/mol. The normalized spacial score (nSPS) is 14.8. The van der Waals surface area contributed by atoms with E-state index in [0.717, 1.165) is 186 Å². The molecule has 0 aromatic carbocycles. The van der Waals surface area contributed by atoms with Gasteiger partial charge in [0.15, 0.2) is 12.2 Å². The smallest absolute Gasteiger partial charge is 0.462 e. The van der Waals surface area contributed by atoms with Gasteiger partial charge in [-0.15, -0.1) is 0 Å². The number of esters is 4. The fraction of sp³-hybridized carbons (Fsp3) is 0.654. The van der Waals surface area contributed by atoms with Crippen LogP contribution in [0.3, 0.4) is 0 Å². The molecule has 0 saturated carbocycles. The predicted octanol–water partition coefficient (Wildman–Crippen LogP) is 21.9. The highest BCUT2D eigenvalue weighted by molar-refractivity contribution is 7.47. The maximum atomic E-state index is 13.1. The van der Waals surface area contributed by atoms with Crippen molar-refractivity contribution in [3.8, 4) is 0 Å². The van der Waals surface area contributed by atoms with Gasteiger partial charge in [0.1, 0.15) is 19.3 Å². The summed E-state index contributed by atoms with van der Waals surface area (Å²) in [7, 11) is -9.99. The Morgan fingerprint density at radius 2 is 0.540 bits per heavy atom. The molecule has 5 unspecified atom stereocenters. The Hall–Kier alpha value is -5.06. The fourth-order valence-electron chi connectivity index (χ4n) is 9.50. The topological polar surface area (TPSA) is 237 Å². The monoisotopic (exact) mass is 1440 g/mol. The van der Waals surface area contributed by atoms with Gasteiger partial charge in [-0.05, 0) is 161 Å². The van der Waals surface area contributed by atoms with Crippen LogP contribution in [-0.4, -0.2) is 96.7 Å². The number of allylic oxidation sites excluding steroid dienone is 24. The SMILES string of the molecule is CC/C=C\C/C=C\C/C=C\C/C=C\CCCCCCC(=O)OCC(COP(=O)(O)OCC(O)COP(=O)(O)OCC(COC(=O)CCCC/C=C\C/C=C\C/C=C\C/C=C\CC)OC(=O)CCCCCCC/C=C\C/C=C\CCC)OC(=O)CCCCCCC/C=C\C/C=C\CCCCC. The van der Waals surface area contributed by atoms with Crippen LogP contribution in [0.5, 0.6) is 0 Å². The molecule has 17 nitrogen and oxygen atoms in total. The van der Waals surface area contributed by atoms with Gasteiger partial charge in [0.25, 0.3) is 0 Å². The number of carbonyl (C=O) groups is 4. The van der Waals surface area contributed by atoms with Crippen molar-refractivity contribution in [2.24, 2.45) is 0 Å². The molecular weight excluding hydrogens is 1310 g/mol. The number of hydrogen-bond donors (Lipinski definition) is 3. The van der Waals surface area contributed by atoms with Crippen LogP contribution in [0.4, 0.5) is 0 Å². The minimum absolute atomic E-state index is 0.0647. The lowest BCUT2D eigenvalue weighted by Crippen LogP contribution is -2.30. The Bertz CT molecular complexity index is 2470. The molecule has 0 heterocycles. The van der Waals surface area contributed by atoms with E-state index in [0.29, 0.717) is 25.7 Å². The molecule has 3 N–H and O–H groups in total. The largest absolute Gasteiger partial charge is 0.472 e. The summed E-state index contributed by atoms with van der Waals surface area (Å²) in [5.41, 5.74) is 0. The maximum Gasteiger partial charge on any atom is 0.472 e. The molecular formula is C81H134O17P2. The number of rotatable bonds is 70. The zero-order valence-corrected chi connectivity index (χ0v) is 63.9. The molecule has 0 radical (unpaired) electrons. The molecule has 0 spiro atoms. The van der Waals surface area contributed by atoms with E-state index in [9.17, 15) is 43.2 Å². The number of unbranched alkanes of at least 4 members (excludes halogenated alkanes) is 20. The highest BCUT2D eigenvalue weighted by Gasteiger charge is 2.30. The second-order valence-electron chi connectivity index (χ2n) is 24.8. The first-order valence-corrected chi connectivity index (χ1v) is 41.1. The molecule has 0 rings (SSSR count). The molecule has 0 aliphatic heterocycles. The van der Waals surface area contributed by atoms with Gasteiger partial charge in [0, 0.05) is 25.7 Å². The van der Waals surface area contributed by atoms with Gasteiger partial charge in [-0.1, -0.05) is 244 Å². The lowest BCUT2D eigenvalue weighted by molar-refractivity contribution is -0.161. The number of aliphatic hydroxyl groups is 1. The number of ether oxygens (including phenoxy) is 4. The highest BCUT2D eigenvalue weighted by atomic mass is 31.2. The first-order valence-electron chi connectivity index (χ1n) is 38.1. The summed E-state index contributed by atoms with van der Waals surface area (Å²) in [5, 5.41) is 10.6. The van der Waals surface area contributed by atoms with Crippen molar-refractivity contribution >= 4 is 39.5 Å². The first-order chi connectivity index (χ1) is 48.7. The van der Waals surface area contributed by atoms with Crippen molar-refractivity contribution in [3.63, 3.8) is 0 Å². The molecule has 0 aromatic heterocycles. The zero-order valence-electron chi connectivity index (χ0n) is 62.1.